The van der Waals surface area contributed by atoms with E-state index in [4.69, 9.17) is 9.84 Å². The Balaban J connectivity index is 2.35. The summed E-state index contributed by atoms with van der Waals surface area (Å²) >= 11 is 0. The molecular weight excluding hydrogens is 218 g/mol. The van der Waals surface area contributed by atoms with E-state index >= 15 is 0 Å². The van der Waals surface area contributed by atoms with E-state index in [1.165, 1.54) is 32.1 Å². The van der Waals surface area contributed by atoms with Crippen LogP contribution in [0.2, 0.25) is 0 Å². The SMILES string of the molecule is CCOCC(O)CN(CCO)C1CCCCC1. The first-order chi connectivity index (χ1) is 8.27. The van der Waals surface area contributed by atoms with E-state index in [9.17, 15) is 5.11 Å². The Morgan fingerprint density at radius 2 is 2.00 bits per heavy atom. The summed E-state index contributed by atoms with van der Waals surface area (Å²) in [6.07, 6.45) is 5.82. The number of nitrogens with zero attached hydrogens (tertiary/aromatic N) is 1. The molecule has 1 fully saturated rings. The maximum atomic E-state index is 9.86. The van der Waals surface area contributed by atoms with E-state index in [1.807, 2.05) is 6.92 Å². The molecule has 0 aromatic carbocycles. The summed E-state index contributed by atoms with van der Waals surface area (Å²) in [6, 6.07) is 0.534. The van der Waals surface area contributed by atoms with Crippen molar-refractivity contribution in [3.8, 4) is 0 Å². The third-order valence-electron chi connectivity index (χ3n) is 3.44. The van der Waals surface area contributed by atoms with Crippen LogP contribution < -0.4 is 0 Å². The molecule has 4 heteroatoms. The minimum atomic E-state index is -0.441. The van der Waals surface area contributed by atoms with Gasteiger partial charge in [0.15, 0.2) is 0 Å². The van der Waals surface area contributed by atoms with Gasteiger partial charge in [-0.2, -0.15) is 0 Å². The predicted molar refractivity (Wildman–Crippen MR) is 68.0 cm³/mol. The van der Waals surface area contributed by atoms with Crippen molar-refractivity contribution >= 4 is 0 Å². The molecule has 0 aromatic heterocycles. The second-order valence-electron chi connectivity index (χ2n) is 4.82. The monoisotopic (exact) mass is 245 g/mol. The first kappa shape index (κ1) is 14.9. The smallest absolute Gasteiger partial charge is 0.0900 e. The Morgan fingerprint density at radius 3 is 2.59 bits per heavy atom. The van der Waals surface area contributed by atoms with Gasteiger partial charge < -0.3 is 14.9 Å². The molecule has 0 saturated heterocycles. The van der Waals surface area contributed by atoms with Crippen LogP contribution >= 0.6 is 0 Å². The van der Waals surface area contributed by atoms with Gasteiger partial charge >= 0.3 is 0 Å². The zero-order valence-corrected chi connectivity index (χ0v) is 11.0. The van der Waals surface area contributed by atoms with Gasteiger partial charge in [-0.25, -0.2) is 0 Å². The number of hydrogen-bond acceptors (Lipinski definition) is 4. The molecule has 2 N–H and O–H groups in total. The van der Waals surface area contributed by atoms with Crippen molar-refractivity contribution in [2.75, 3.05) is 32.9 Å². The van der Waals surface area contributed by atoms with E-state index in [1.54, 1.807) is 0 Å². The van der Waals surface area contributed by atoms with Crippen LogP contribution in [0, 0.1) is 0 Å². The second-order valence-corrected chi connectivity index (χ2v) is 4.82. The van der Waals surface area contributed by atoms with Crippen molar-refractivity contribution in [2.24, 2.45) is 0 Å². The Kier molecular flexibility index (Phi) is 7.77. The summed E-state index contributed by atoms with van der Waals surface area (Å²) in [4.78, 5) is 2.23. The van der Waals surface area contributed by atoms with Gasteiger partial charge in [-0.3, -0.25) is 4.90 Å². The number of aliphatic hydroxyl groups is 2. The highest BCUT2D eigenvalue weighted by Gasteiger charge is 2.22. The van der Waals surface area contributed by atoms with Gasteiger partial charge in [-0.1, -0.05) is 19.3 Å². The highest BCUT2D eigenvalue weighted by atomic mass is 16.5. The molecule has 0 aliphatic heterocycles. The van der Waals surface area contributed by atoms with Crippen molar-refractivity contribution < 1.29 is 14.9 Å². The molecule has 102 valence electrons. The topological polar surface area (TPSA) is 52.9 Å². The summed E-state index contributed by atoms with van der Waals surface area (Å²) in [6.45, 7) is 4.40. The minimum Gasteiger partial charge on any atom is -0.395 e. The average molecular weight is 245 g/mol. The van der Waals surface area contributed by atoms with Crippen molar-refractivity contribution in [2.45, 2.75) is 51.2 Å². The summed E-state index contributed by atoms with van der Waals surface area (Å²) in [5.74, 6) is 0. The fourth-order valence-electron chi connectivity index (χ4n) is 2.57. The molecule has 17 heavy (non-hydrogen) atoms. The molecule has 0 spiro atoms. The maximum absolute atomic E-state index is 9.86. The van der Waals surface area contributed by atoms with Crippen molar-refractivity contribution in [3.05, 3.63) is 0 Å². The van der Waals surface area contributed by atoms with Crippen molar-refractivity contribution in [3.63, 3.8) is 0 Å². The summed E-state index contributed by atoms with van der Waals surface area (Å²) < 4.78 is 5.22. The summed E-state index contributed by atoms with van der Waals surface area (Å²) in [7, 11) is 0. The van der Waals surface area contributed by atoms with Crippen LogP contribution in [0.15, 0.2) is 0 Å². The quantitative estimate of drug-likeness (QED) is 0.670. The van der Waals surface area contributed by atoms with Gasteiger partial charge in [0.1, 0.15) is 0 Å². The largest absolute Gasteiger partial charge is 0.395 e. The second kappa shape index (κ2) is 8.86. The fourth-order valence-corrected chi connectivity index (χ4v) is 2.57. The van der Waals surface area contributed by atoms with Gasteiger partial charge in [-0.15, -0.1) is 0 Å². The molecule has 0 aromatic rings. The molecule has 1 aliphatic rings. The number of aliphatic hydroxyl groups excluding tert-OH is 2. The van der Waals surface area contributed by atoms with E-state index in [0.29, 0.717) is 32.3 Å². The van der Waals surface area contributed by atoms with Crippen LogP contribution in [-0.2, 0) is 4.74 Å². The molecule has 0 bridgehead atoms. The minimum absolute atomic E-state index is 0.165. The van der Waals surface area contributed by atoms with Crippen molar-refractivity contribution in [1.29, 1.82) is 0 Å². The van der Waals surface area contributed by atoms with E-state index < -0.39 is 6.10 Å². The Morgan fingerprint density at radius 1 is 1.29 bits per heavy atom. The van der Waals surface area contributed by atoms with Crippen LogP contribution in [0.5, 0.6) is 0 Å². The third-order valence-corrected chi connectivity index (χ3v) is 3.44. The molecule has 1 unspecified atom stereocenters. The number of rotatable bonds is 8. The van der Waals surface area contributed by atoms with E-state index in [2.05, 4.69) is 4.90 Å². The normalized spacial score (nSPS) is 19.8. The highest BCUT2D eigenvalue weighted by Crippen LogP contribution is 2.22. The Hall–Kier alpha value is -0.160. The van der Waals surface area contributed by atoms with Crippen LogP contribution in [0.25, 0.3) is 0 Å². The highest BCUT2D eigenvalue weighted by molar-refractivity contribution is 4.77. The summed E-state index contributed by atoms with van der Waals surface area (Å²) in [5.41, 5.74) is 0. The molecule has 0 heterocycles. The maximum Gasteiger partial charge on any atom is 0.0900 e. The molecule has 4 nitrogen and oxygen atoms in total. The van der Waals surface area contributed by atoms with Crippen molar-refractivity contribution in [1.82, 2.24) is 4.90 Å². The standard InChI is InChI=1S/C13H27NO3/c1-2-17-11-13(16)10-14(8-9-15)12-6-4-3-5-7-12/h12-13,15-16H,2-11H2,1H3. The lowest BCUT2D eigenvalue weighted by atomic mass is 9.94. The Labute approximate surface area is 105 Å². The molecule has 1 rings (SSSR count). The lowest BCUT2D eigenvalue weighted by molar-refractivity contribution is 0.00403. The summed E-state index contributed by atoms with van der Waals surface area (Å²) in [5, 5.41) is 19.0. The third kappa shape index (κ3) is 5.82. The van der Waals surface area contributed by atoms with E-state index in [0.717, 1.165) is 0 Å². The van der Waals surface area contributed by atoms with E-state index in [-0.39, 0.29) is 6.61 Å². The fraction of sp³-hybridized carbons (Fsp3) is 1.00. The predicted octanol–water partition coefficient (Wildman–Crippen LogP) is 1.01. The molecule has 0 radical (unpaired) electrons. The zero-order chi connectivity index (χ0) is 12.5. The first-order valence-corrected chi connectivity index (χ1v) is 6.88. The van der Waals surface area contributed by atoms with Gasteiger partial charge in [-0.05, 0) is 19.8 Å². The van der Waals surface area contributed by atoms with Crippen LogP contribution in [-0.4, -0.2) is 60.2 Å². The number of ether oxygens (including phenoxy) is 1. The van der Waals surface area contributed by atoms with Crippen LogP contribution in [0.1, 0.15) is 39.0 Å². The van der Waals surface area contributed by atoms with Gasteiger partial charge in [0.2, 0.25) is 0 Å². The molecule has 1 atom stereocenters. The molecular formula is C13H27NO3. The first-order valence-electron chi connectivity index (χ1n) is 6.88. The van der Waals surface area contributed by atoms with Crippen LogP contribution in [0.4, 0.5) is 0 Å². The van der Waals surface area contributed by atoms with Gasteiger partial charge in [0.25, 0.3) is 0 Å². The lowest BCUT2D eigenvalue weighted by Crippen LogP contribution is -2.44. The zero-order valence-electron chi connectivity index (χ0n) is 11.0. The molecule has 1 saturated carbocycles. The molecule has 1 aliphatic carbocycles. The lowest BCUT2D eigenvalue weighted by Gasteiger charge is -2.35. The van der Waals surface area contributed by atoms with Gasteiger partial charge in [0, 0.05) is 25.7 Å². The van der Waals surface area contributed by atoms with Gasteiger partial charge in [0.05, 0.1) is 19.3 Å². The number of hydrogen-bond donors (Lipinski definition) is 2. The Bertz CT molecular complexity index is 184. The average Bonchev–Trinajstić information content (AvgIpc) is 2.37. The van der Waals surface area contributed by atoms with Crippen LogP contribution in [0.3, 0.4) is 0 Å². The molecule has 0 amide bonds.